The van der Waals surface area contributed by atoms with Crippen molar-refractivity contribution in [1.82, 2.24) is 9.97 Å². The van der Waals surface area contributed by atoms with Gasteiger partial charge in [0.2, 0.25) is 0 Å². The van der Waals surface area contributed by atoms with E-state index in [4.69, 9.17) is 11.6 Å². The van der Waals surface area contributed by atoms with Gasteiger partial charge in [0.05, 0.1) is 5.69 Å². The quantitative estimate of drug-likeness (QED) is 0.842. The van der Waals surface area contributed by atoms with E-state index in [0.29, 0.717) is 22.4 Å². The summed E-state index contributed by atoms with van der Waals surface area (Å²) in [7, 11) is 0. The normalized spacial score (nSPS) is 10.9. The van der Waals surface area contributed by atoms with Crippen molar-refractivity contribution in [2.24, 2.45) is 0 Å². The van der Waals surface area contributed by atoms with E-state index in [2.05, 4.69) is 15.3 Å². The first-order valence-corrected chi connectivity index (χ1v) is 6.53. The van der Waals surface area contributed by atoms with Crippen LogP contribution in [0.25, 0.3) is 0 Å². The van der Waals surface area contributed by atoms with Crippen LogP contribution in [-0.2, 0) is 0 Å². The van der Waals surface area contributed by atoms with Gasteiger partial charge in [-0.15, -0.1) is 0 Å². The smallest absolute Gasteiger partial charge is 0.182 e. The van der Waals surface area contributed by atoms with Crippen molar-refractivity contribution in [3.63, 3.8) is 0 Å². The minimum absolute atomic E-state index is 0.0116. The largest absolute Gasteiger partial charge is 0.337 e. The summed E-state index contributed by atoms with van der Waals surface area (Å²) in [6.07, 6.45) is 0. The summed E-state index contributed by atoms with van der Waals surface area (Å²) >= 11 is 6.04. The lowest BCUT2D eigenvalue weighted by molar-refractivity contribution is 0.511. The zero-order valence-electron chi connectivity index (χ0n) is 11.3. The fourth-order valence-electron chi connectivity index (χ4n) is 1.61. The van der Waals surface area contributed by atoms with Gasteiger partial charge in [-0.05, 0) is 19.1 Å². The standard InChI is InChI=1S/C14H14ClF2N3/c1-7(2)13-19-12(15)8(3)14(20-13)18-10-6-4-5-9(16)11(10)17/h4-7H,1-3H3,(H,18,19,20). The maximum absolute atomic E-state index is 13.7. The maximum atomic E-state index is 13.7. The van der Waals surface area contributed by atoms with Crippen molar-refractivity contribution in [1.29, 1.82) is 0 Å². The molecule has 0 unspecified atom stereocenters. The molecule has 3 nitrogen and oxygen atoms in total. The lowest BCUT2D eigenvalue weighted by atomic mass is 10.2. The third-order valence-electron chi connectivity index (χ3n) is 2.82. The molecular formula is C14H14ClF2N3. The van der Waals surface area contributed by atoms with E-state index < -0.39 is 11.6 Å². The van der Waals surface area contributed by atoms with E-state index in [9.17, 15) is 8.78 Å². The van der Waals surface area contributed by atoms with Crippen molar-refractivity contribution in [2.45, 2.75) is 26.7 Å². The molecule has 1 aromatic heterocycles. The monoisotopic (exact) mass is 297 g/mol. The number of benzene rings is 1. The molecular weight excluding hydrogens is 284 g/mol. The molecule has 6 heteroatoms. The first-order valence-electron chi connectivity index (χ1n) is 6.15. The molecule has 0 saturated carbocycles. The second-order valence-electron chi connectivity index (χ2n) is 4.73. The minimum Gasteiger partial charge on any atom is -0.337 e. The van der Waals surface area contributed by atoms with Crippen molar-refractivity contribution in [3.8, 4) is 0 Å². The predicted molar refractivity (Wildman–Crippen MR) is 75.5 cm³/mol. The average molecular weight is 298 g/mol. The number of rotatable bonds is 3. The van der Waals surface area contributed by atoms with Crippen molar-refractivity contribution < 1.29 is 8.78 Å². The highest BCUT2D eigenvalue weighted by Gasteiger charge is 2.14. The highest BCUT2D eigenvalue weighted by molar-refractivity contribution is 6.30. The topological polar surface area (TPSA) is 37.8 Å². The van der Waals surface area contributed by atoms with Crippen LogP contribution in [0.15, 0.2) is 18.2 Å². The van der Waals surface area contributed by atoms with E-state index in [1.807, 2.05) is 13.8 Å². The third-order valence-corrected chi connectivity index (χ3v) is 3.19. The summed E-state index contributed by atoms with van der Waals surface area (Å²) in [5.74, 6) is -0.881. The Balaban J connectivity index is 2.45. The van der Waals surface area contributed by atoms with Crippen LogP contribution < -0.4 is 5.32 Å². The molecule has 20 heavy (non-hydrogen) atoms. The van der Waals surface area contributed by atoms with Gasteiger partial charge in [0, 0.05) is 11.5 Å². The van der Waals surface area contributed by atoms with Crippen LogP contribution >= 0.6 is 11.6 Å². The SMILES string of the molecule is Cc1c(Cl)nc(C(C)C)nc1Nc1cccc(F)c1F. The van der Waals surface area contributed by atoms with E-state index in [1.54, 1.807) is 6.92 Å². The Morgan fingerprint density at radius 2 is 1.90 bits per heavy atom. The van der Waals surface area contributed by atoms with E-state index in [1.165, 1.54) is 12.1 Å². The van der Waals surface area contributed by atoms with Gasteiger partial charge in [0.1, 0.15) is 16.8 Å². The van der Waals surface area contributed by atoms with Crippen LogP contribution in [0.4, 0.5) is 20.3 Å². The lowest BCUT2D eigenvalue weighted by Crippen LogP contribution is -2.06. The van der Waals surface area contributed by atoms with Crippen LogP contribution in [0.1, 0.15) is 31.2 Å². The van der Waals surface area contributed by atoms with Gasteiger partial charge < -0.3 is 5.32 Å². The Morgan fingerprint density at radius 3 is 2.55 bits per heavy atom. The summed E-state index contributed by atoms with van der Waals surface area (Å²) in [4.78, 5) is 8.46. The molecule has 0 radical (unpaired) electrons. The molecule has 106 valence electrons. The summed E-state index contributed by atoms with van der Waals surface area (Å²) in [5, 5.41) is 3.06. The highest BCUT2D eigenvalue weighted by atomic mass is 35.5. The van der Waals surface area contributed by atoms with Gasteiger partial charge >= 0.3 is 0 Å². The number of nitrogens with one attached hydrogen (secondary N) is 1. The second kappa shape index (κ2) is 5.71. The van der Waals surface area contributed by atoms with Crippen molar-refractivity contribution >= 4 is 23.1 Å². The summed E-state index contributed by atoms with van der Waals surface area (Å²) in [6, 6.07) is 3.91. The van der Waals surface area contributed by atoms with Gasteiger partial charge in [-0.3, -0.25) is 0 Å². The summed E-state index contributed by atoms with van der Waals surface area (Å²) in [5.41, 5.74) is 0.595. The fourth-order valence-corrected chi connectivity index (χ4v) is 1.79. The average Bonchev–Trinajstić information content (AvgIpc) is 2.39. The number of halogens is 3. The molecule has 1 heterocycles. The van der Waals surface area contributed by atoms with Gasteiger partial charge in [-0.25, -0.2) is 18.7 Å². The molecule has 0 aliphatic heterocycles. The first-order chi connectivity index (χ1) is 9.40. The molecule has 0 aliphatic carbocycles. The molecule has 0 spiro atoms. The Kier molecular flexibility index (Phi) is 4.18. The summed E-state index contributed by atoms with van der Waals surface area (Å²) in [6.45, 7) is 5.56. The Hall–Kier alpha value is -1.75. The predicted octanol–water partition coefficient (Wildman–Crippen LogP) is 4.58. The van der Waals surface area contributed by atoms with Crippen LogP contribution in [0.3, 0.4) is 0 Å². The van der Waals surface area contributed by atoms with Crippen molar-refractivity contribution in [3.05, 3.63) is 46.4 Å². The molecule has 0 aliphatic rings. The minimum atomic E-state index is -0.951. The van der Waals surface area contributed by atoms with Crippen LogP contribution in [0, 0.1) is 18.6 Å². The number of aromatic nitrogens is 2. The number of hydrogen-bond donors (Lipinski definition) is 1. The Bertz CT molecular complexity index is 645. The molecule has 0 saturated heterocycles. The number of anilines is 2. The molecule has 0 bridgehead atoms. The third kappa shape index (κ3) is 2.88. The molecule has 0 atom stereocenters. The first kappa shape index (κ1) is 14.7. The molecule has 0 amide bonds. The zero-order chi connectivity index (χ0) is 14.9. The molecule has 2 rings (SSSR count). The summed E-state index contributed by atoms with van der Waals surface area (Å²) < 4.78 is 26.9. The molecule has 0 fully saturated rings. The second-order valence-corrected chi connectivity index (χ2v) is 5.09. The van der Waals surface area contributed by atoms with Crippen LogP contribution in [-0.4, -0.2) is 9.97 Å². The molecule has 1 N–H and O–H groups in total. The van der Waals surface area contributed by atoms with Gasteiger partial charge in [0.25, 0.3) is 0 Å². The molecule has 1 aromatic carbocycles. The van der Waals surface area contributed by atoms with Gasteiger partial charge in [-0.2, -0.15) is 0 Å². The van der Waals surface area contributed by atoms with Crippen LogP contribution in [0.2, 0.25) is 5.15 Å². The van der Waals surface area contributed by atoms with E-state index >= 15 is 0 Å². The number of nitrogens with zero attached hydrogens (tertiary/aromatic N) is 2. The zero-order valence-corrected chi connectivity index (χ0v) is 12.1. The van der Waals surface area contributed by atoms with Gasteiger partial charge in [0.15, 0.2) is 11.6 Å². The van der Waals surface area contributed by atoms with E-state index in [-0.39, 0.29) is 11.6 Å². The van der Waals surface area contributed by atoms with Gasteiger partial charge in [-0.1, -0.05) is 31.5 Å². The lowest BCUT2D eigenvalue weighted by Gasteiger charge is -2.13. The van der Waals surface area contributed by atoms with Crippen molar-refractivity contribution in [2.75, 3.05) is 5.32 Å². The fraction of sp³-hybridized carbons (Fsp3) is 0.286. The highest BCUT2D eigenvalue weighted by Crippen LogP contribution is 2.27. The maximum Gasteiger partial charge on any atom is 0.182 e. The number of hydrogen-bond acceptors (Lipinski definition) is 3. The Labute approximate surface area is 121 Å². The Morgan fingerprint density at radius 1 is 1.20 bits per heavy atom. The van der Waals surface area contributed by atoms with E-state index in [0.717, 1.165) is 6.07 Å². The van der Waals surface area contributed by atoms with Crippen LogP contribution in [0.5, 0.6) is 0 Å². The molecule has 2 aromatic rings.